The lowest BCUT2D eigenvalue weighted by Gasteiger charge is -2.30. The van der Waals surface area contributed by atoms with E-state index in [2.05, 4.69) is 0 Å². The van der Waals surface area contributed by atoms with Gasteiger partial charge in [0.1, 0.15) is 0 Å². The minimum Gasteiger partial charge on any atom is -0.392 e. The summed E-state index contributed by atoms with van der Waals surface area (Å²) >= 11 is 0. The highest BCUT2D eigenvalue weighted by Crippen LogP contribution is 2.31. The second-order valence-corrected chi connectivity index (χ2v) is 5.90. The molecule has 2 heterocycles. The van der Waals surface area contributed by atoms with E-state index in [0.717, 1.165) is 30.6 Å². The molecule has 2 aliphatic heterocycles. The van der Waals surface area contributed by atoms with Gasteiger partial charge in [-0.1, -0.05) is 0 Å². The number of nitrogens with zero attached hydrogens (tertiary/aromatic N) is 3. The number of carbonyl (C=O) groups excluding carboxylic acids is 1. The second kappa shape index (κ2) is 6.02. The monoisotopic (exact) mass is 305 g/mol. The van der Waals surface area contributed by atoms with Crippen LogP contribution >= 0.6 is 0 Å². The molecule has 0 radical (unpaired) electrons. The molecule has 0 aromatic heterocycles. The number of likely N-dealkylation sites (tertiary alicyclic amines) is 1. The first-order valence-corrected chi connectivity index (χ1v) is 7.52. The van der Waals surface area contributed by atoms with Gasteiger partial charge in [0.05, 0.1) is 17.6 Å². The van der Waals surface area contributed by atoms with Crippen LogP contribution in [0.2, 0.25) is 0 Å². The van der Waals surface area contributed by atoms with Gasteiger partial charge in [0.15, 0.2) is 0 Å². The van der Waals surface area contributed by atoms with Gasteiger partial charge in [0.2, 0.25) is 5.91 Å². The normalized spacial score (nSPS) is 21.7. The molecule has 22 heavy (non-hydrogen) atoms. The summed E-state index contributed by atoms with van der Waals surface area (Å²) in [4.78, 5) is 26.5. The third-order valence-corrected chi connectivity index (χ3v) is 4.31. The van der Waals surface area contributed by atoms with E-state index in [9.17, 15) is 20.0 Å². The highest BCUT2D eigenvalue weighted by Gasteiger charge is 2.28. The van der Waals surface area contributed by atoms with Crippen molar-refractivity contribution in [3.63, 3.8) is 0 Å². The van der Waals surface area contributed by atoms with Crippen LogP contribution in [0.3, 0.4) is 0 Å². The van der Waals surface area contributed by atoms with Crippen LogP contribution in [-0.4, -0.2) is 53.1 Å². The van der Waals surface area contributed by atoms with Crippen LogP contribution in [0.1, 0.15) is 18.4 Å². The number of aliphatic hydroxyl groups excluding tert-OH is 1. The molecule has 1 saturated heterocycles. The number of hydrogen-bond donors (Lipinski definition) is 1. The Balaban J connectivity index is 1.70. The van der Waals surface area contributed by atoms with Gasteiger partial charge in [-0.25, -0.2) is 0 Å². The summed E-state index contributed by atoms with van der Waals surface area (Å²) in [5, 5.41) is 20.5. The largest absolute Gasteiger partial charge is 0.392 e. The van der Waals surface area contributed by atoms with Crippen LogP contribution in [0.4, 0.5) is 11.4 Å². The lowest BCUT2D eigenvalue weighted by molar-refractivity contribution is -0.384. The molecule has 0 bridgehead atoms. The summed E-state index contributed by atoms with van der Waals surface area (Å²) in [6.07, 6.45) is 1.99. The first kappa shape index (κ1) is 14.9. The number of anilines is 1. The van der Waals surface area contributed by atoms with Gasteiger partial charge in [-0.15, -0.1) is 0 Å². The molecule has 3 rings (SSSR count). The van der Waals surface area contributed by atoms with Crippen molar-refractivity contribution in [2.75, 3.05) is 31.1 Å². The Morgan fingerprint density at radius 2 is 2.23 bits per heavy atom. The molecule has 1 amide bonds. The van der Waals surface area contributed by atoms with Crippen molar-refractivity contribution in [2.24, 2.45) is 0 Å². The average Bonchev–Trinajstić information content (AvgIpc) is 2.90. The first-order chi connectivity index (χ1) is 10.5. The number of amides is 1. The fourth-order valence-electron chi connectivity index (χ4n) is 3.21. The van der Waals surface area contributed by atoms with Crippen LogP contribution in [0.5, 0.6) is 0 Å². The Hall–Kier alpha value is -1.99. The smallest absolute Gasteiger partial charge is 0.269 e. The molecule has 7 heteroatoms. The Labute approximate surface area is 128 Å². The van der Waals surface area contributed by atoms with Gasteiger partial charge >= 0.3 is 0 Å². The molecule has 1 fully saturated rings. The maximum absolute atomic E-state index is 12.5. The van der Waals surface area contributed by atoms with Crippen molar-refractivity contribution >= 4 is 17.3 Å². The predicted molar refractivity (Wildman–Crippen MR) is 80.8 cm³/mol. The third kappa shape index (κ3) is 2.95. The van der Waals surface area contributed by atoms with Crippen LogP contribution < -0.4 is 4.90 Å². The summed E-state index contributed by atoms with van der Waals surface area (Å²) < 4.78 is 0. The van der Waals surface area contributed by atoms with E-state index in [0.29, 0.717) is 19.5 Å². The van der Waals surface area contributed by atoms with Crippen molar-refractivity contribution in [3.05, 3.63) is 33.9 Å². The van der Waals surface area contributed by atoms with E-state index in [-0.39, 0.29) is 24.2 Å². The van der Waals surface area contributed by atoms with E-state index in [1.54, 1.807) is 17.0 Å². The van der Waals surface area contributed by atoms with E-state index in [1.807, 2.05) is 4.90 Å². The standard InChI is InChI=1S/C15H19N3O4/c19-13-2-1-6-16(9-13)10-15(20)17-7-5-11-8-12(18(21)22)3-4-14(11)17/h3-4,8,13,19H,1-2,5-7,9-10H2. The lowest BCUT2D eigenvalue weighted by atomic mass is 10.1. The Morgan fingerprint density at radius 1 is 1.41 bits per heavy atom. The van der Waals surface area contributed by atoms with Crippen molar-refractivity contribution in [1.29, 1.82) is 0 Å². The Kier molecular flexibility index (Phi) is 4.08. The predicted octanol–water partition coefficient (Wildman–Crippen LogP) is 0.941. The van der Waals surface area contributed by atoms with Gasteiger partial charge in [-0.2, -0.15) is 0 Å². The zero-order valence-electron chi connectivity index (χ0n) is 12.3. The molecular weight excluding hydrogens is 286 g/mol. The van der Waals surface area contributed by atoms with Gasteiger partial charge < -0.3 is 10.0 Å². The number of benzene rings is 1. The Bertz CT molecular complexity index is 604. The molecule has 2 aliphatic rings. The fraction of sp³-hybridized carbons (Fsp3) is 0.533. The van der Waals surface area contributed by atoms with Gasteiger partial charge in [0, 0.05) is 30.9 Å². The minimum atomic E-state index is -0.417. The molecule has 1 atom stereocenters. The summed E-state index contributed by atoms with van der Waals surface area (Å²) in [7, 11) is 0. The van der Waals surface area contributed by atoms with Crippen molar-refractivity contribution < 1.29 is 14.8 Å². The molecule has 1 unspecified atom stereocenters. The number of aliphatic hydroxyl groups is 1. The van der Waals surface area contributed by atoms with Gasteiger partial charge in [-0.05, 0) is 37.4 Å². The highest BCUT2D eigenvalue weighted by molar-refractivity contribution is 5.97. The maximum Gasteiger partial charge on any atom is 0.269 e. The van der Waals surface area contributed by atoms with E-state index >= 15 is 0 Å². The van der Waals surface area contributed by atoms with Gasteiger partial charge in [-0.3, -0.25) is 19.8 Å². The SMILES string of the molecule is O=C(CN1CCCC(O)C1)N1CCc2cc([N+](=O)[O-])ccc21. The molecule has 1 aromatic rings. The van der Waals surface area contributed by atoms with Crippen LogP contribution in [0.15, 0.2) is 18.2 Å². The summed E-state index contributed by atoms with van der Waals surface area (Å²) in [5.74, 6) is -0.0123. The zero-order valence-corrected chi connectivity index (χ0v) is 12.3. The van der Waals surface area contributed by atoms with Crippen LogP contribution in [-0.2, 0) is 11.2 Å². The number of piperidine rings is 1. The van der Waals surface area contributed by atoms with Crippen LogP contribution in [0.25, 0.3) is 0 Å². The number of rotatable bonds is 3. The van der Waals surface area contributed by atoms with Crippen LogP contribution in [0, 0.1) is 10.1 Å². The number of nitro groups is 1. The third-order valence-electron chi connectivity index (χ3n) is 4.31. The number of fused-ring (bicyclic) bond motifs is 1. The topological polar surface area (TPSA) is 86.9 Å². The molecule has 7 nitrogen and oxygen atoms in total. The summed E-state index contributed by atoms with van der Waals surface area (Å²) in [5.41, 5.74) is 1.68. The fourth-order valence-corrected chi connectivity index (χ4v) is 3.21. The molecular formula is C15H19N3O4. The molecule has 1 aromatic carbocycles. The van der Waals surface area contributed by atoms with E-state index < -0.39 is 4.92 Å². The second-order valence-electron chi connectivity index (χ2n) is 5.90. The number of hydrogen-bond acceptors (Lipinski definition) is 5. The summed E-state index contributed by atoms with van der Waals surface area (Å²) in [6, 6.07) is 4.64. The molecule has 0 saturated carbocycles. The van der Waals surface area contributed by atoms with E-state index in [4.69, 9.17) is 0 Å². The average molecular weight is 305 g/mol. The minimum absolute atomic E-state index is 0.0123. The maximum atomic E-state index is 12.5. The van der Waals surface area contributed by atoms with Crippen molar-refractivity contribution in [1.82, 2.24) is 4.90 Å². The molecule has 0 aliphatic carbocycles. The van der Waals surface area contributed by atoms with Crippen molar-refractivity contribution in [3.8, 4) is 0 Å². The first-order valence-electron chi connectivity index (χ1n) is 7.52. The molecule has 118 valence electrons. The lowest BCUT2D eigenvalue weighted by Crippen LogP contribution is -2.45. The number of nitro benzene ring substituents is 1. The van der Waals surface area contributed by atoms with Crippen molar-refractivity contribution in [2.45, 2.75) is 25.4 Å². The number of carbonyl (C=O) groups is 1. The quantitative estimate of drug-likeness (QED) is 0.663. The number of non-ortho nitro benzene ring substituents is 1. The zero-order chi connectivity index (χ0) is 15.7. The van der Waals surface area contributed by atoms with Gasteiger partial charge in [0.25, 0.3) is 5.69 Å². The highest BCUT2D eigenvalue weighted by atomic mass is 16.6. The Morgan fingerprint density at radius 3 is 2.95 bits per heavy atom. The molecule has 1 N–H and O–H groups in total. The van der Waals surface area contributed by atoms with E-state index in [1.165, 1.54) is 6.07 Å². The number of β-amino-alcohol motifs (C(OH)–C–C–N with tert-alkyl or cyclic N) is 1. The molecule has 0 spiro atoms. The summed E-state index contributed by atoms with van der Waals surface area (Å²) in [6.45, 7) is 2.20.